The Morgan fingerprint density at radius 1 is 1.22 bits per heavy atom. The standard InChI is InChI=1S/C22H20N6O4/c1-12-5-6-13(19-26-21(32-27-19)14-8-15(9-14)24-22(30)31)10-16(12)25-20(29)17-11-23-18-4-2-3-7-28(17)18/h2-7,10-11,14-15,24H,8-9H2,1H3,(H,25,29)(H,30,31). The molecule has 3 heterocycles. The van der Waals surface area contributed by atoms with Crippen LogP contribution in [0.2, 0.25) is 0 Å². The lowest BCUT2D eigenvalue weighted by Gasteiger charge is -2.32. The molecule has 1 aliphatic rings. The molecule has 1 fully saturated rings. The fourth-order valence-corrected chi connectivity index (χ4v) is 3.81. The van der Waals surface area contributed by atoms with Gasteiger partial charge >= 0.3 is 6.09 Å². The molecule has 1 aromatic carbocycles. The minimum absolute atomic E-state index is 0.0351. The molecule has 0 unspecified atom stereocenters. The van der Waals surface area contributed by atoms with Crippen molar-refractivity contribution in [3.63, 3.8) is 0 Å². The summed E-state index contributed by atoms with van der Waals surface area (Å²) in [5.41, 5.74) is 3.36. The van der Waals surface area contributed by atoms with Crippen LogP contribution in [0.25, 0.3) is 17.0 Å². The maximum atomic E-state index is 12.9. The first-order valence-electron chi connectivity index (χ1n) is 10.2. The van der Waals surface area contributed by atoms with Gasteiger partial charge in [-0.15, -0.1) is 0 Å². The smallest absolute Gasteiger partial charge is 0.404 e. The van der Waals surface area contributed by atoms with Crippen LogP contribution in [-0.4, -0.2) is 42.7 Å². The SMILES string of the molecule is Cc1ccc(-c2noc(C3CC(NC(=O)O)C3)n2)cc1NC(=O)c1cnc2ccccn12. The summed E-state index contributed by atoms with van der Waals surface area (Å²) in [5.74, 6) is 0.664. The number of hydrogen-bond donors (Lipinski definition) is 3. The van der Waals surface area contributed by atoms with Crippen molar-refractivity contribution >= 4 is 23.3 Å². The van der Waals surface area contributed by atoms with Gasteiger partial charge in [0.25, 0.3) is 5.91 Å². The number of nitrogens with zero attached hydrogens (tertiary/aromatic N) is 4. The first-order chi connectivity index (χ1) is 15.5. The Kier molecular flexibility index (Phi) is 4.81. The summed E-state index contributed by atoms with van der Waals surface area (Å²) in [6, 6.07) is 11.0. The maximum absolute atomic E-state index is 12.9. The predicted octanol–water partition coefficient (Wildman–Crippen LogP) is 3.46. The molecular weight excluding hydrogens is 412 g/mol. The lowest BCUT2D eigenvalue weighted by atomic mass is 9.80. The molecule has 0 bridgehead atoms. The van der Waals surface area contributed by atoms with Crippen molar-refractivity contribution in [2.24, 2.45) is 0 Å². The number of aryl methyl sites for hydroxylation is 1. The normalized spacial score (nSPS) is 17.7. The first kappa shape index (κ1) is 19.7. The van der Waals surface area contributed by atoms with Crippen LogP contribution in [0, 0.1) is 6.92 Å². The van der Waals surface area contributed by atoms with E-state index in [0.29, 0.717) is 47.1 Å². The number of carbonyl (C=O) groups excluding carboxylic acids is 1. The highest BCUT2D eigenvalue weighted by Crippen LogP contribution is 2.37. The molecule has 0 aliphatic heterocycles. The number of hydrogen-bond acceptors (Lipinski definition) is 6. The Labute approximate surface area is 182 Å². The van der Waals surface area contributed by atoms with E-state index in [-0.39, 0.29) is 17.9 Å². The van der Waals surface area contributed by atoms with Crippen molar-refractivity contribution in [3.8, 4) is 11.4 Å². The van der Waals surface area contributed by atoms with Gasteiger partial charge in [-0.3, -0.25) is 9.20 Å². The highest BCUT2D eigenvalue weighted by atomic mass is 16.5. The fourth-order valence-electron chi connectivity index (χ4n) is 3.81. The number of amides is 2. The Balaban J connectivity index is 1.33. The Hall–Kier alpha value is -4.21. The summed E-state index contributed by atoms with van der Waals surface area (Å²) >= 11 is 0. The van der Waals surface area contributed by atoms with Crippen molar-refractivity contribution in [1.29, 1.82) is 0 Å². The lowest BCUT2D eigenvalue weighted by molar-refractivity contribution is 0.102. The van der Waals surface area contributed by atoms with E-state index in [1.807, 2.05) is 37.3 Å². The zero-order valence-corrected chi connectivity index (χ0v) is 17.1. The second kappa shape index (κ2) is 7.80. The average Bonchev–Trinajstić information content (AvgIpc) is 3.39. The monoisotopic (exact) mass is 432 g/mol. The van der Waals surface area contributed by atoms with Crippen molar-refractivity contribution in [1.82, 2.24) is 24.8 Å². The van der Waals surface area contributed by atoms with Crippen LogP contribution in [0.4, 0.5) is 10.5 Å². The van der Waals surface area contributed by atoms with Crippen LogP contribution in [0.15, 0.2) is 53.3 Å². The van der Waals surface area contributed by atoms with Gasteiger partial charge in [-0.1, -0.05) is 23.4 Å². The first-order valence-corrected chi connectivity index (χ1v) is 10.2. The molecule has 4 aromatic rings. The second-order valence-electron chi connectivity index (χ2n) is 7.83. The quantitative estimate of drug-likeness (QED) is 0.439. The molecule has 162 valence electrons. The third-order valence-corrected chi connectivity index (χ3v) is 5.65. The van der Waals surface area contributed by atoms with E-state index in [0.717, 1.165) is 5.56 Å². The highest BCUT2D eigenvalue weighted by molar-refractivity contribution is 6.04. The summed E-state index contributed by atoms with van der Waals surface area (Å²) in [6.07, 6.45) is 3.56. The van der Waals surface area contributed by atoms with Crippen LogP contribution in [-0.2, 0) is 0 Å². The van der Waals surface area contributed by atoms with Gasteiger partial charge in [0, 0.05) is 29.4 Å². The molecule has 2 amide bonds. The van der Waals surface area contributed by atoms with E-state index in [9.17, 15) is 9.59 Å². The summed E-state index contributed by atoms with van der Waals surface area (Å²) < 4.78 is 7.13. The van der Waals surface area contributed by atoms with Gasteiger partial charge in [0.2, 0.25) is 11.7 Å². The number of nitrogens with one attached hydrogen (secondary N) is 2. The van der Waals surface area contributed by atoms with Crippen LogP contribution in [0.3, 0.4) is 0 Å². The molecule has 1 aliphatic carbocycles. The molecule has 5 rings (SSSR count). The molecule has 10 heteroatoms. The summed E-state index contributed by atoms with van der Waals surface area (Å²) in [4.78, 5) is 32.3. The zero-order valence-electron chi connectivity index (χ0n) is 17.1. The lowest BCUT2D eigenvalue weighted by Crippen LogP contribution is -2.42. The maximum Gasteiger partial charge on any atom is 0.404 e. The Morgan fingerprint density at radius 3 is 2.88 bits per heavy atom. The topological polar surface area (TPSA) is 135 Å². The van der Waals surface area contributed by atoms with E-state index in [1.54, 1.807) is 22.9 Å². The number of carboxylic acid groups (broad SMARTS) is 1. The van der Waals surface area contributed by atoms with Gasteiger partial charge in [0.05, 0.1) is 6.20 Å². The third-order valence-electron chi connectivity index (χ3n) is 5.65. The summed E-state index contributed by atoms with van der Waals surface area (Å²) in [6.45, 7) is 1.90. The number of pyridine rings is 1. The molecule has 1 saturated carbocycles. The molecular formula is C22H20N6O4. The van der Waals surface area contributed by atoms with E-state index in [4.69, 9.17) is 9.63 Å². The number of imidazole rings is 1. The molecule has 10 nitrogen and oxygen atoms in total. The Bertz CT molecular complexity index is 1320. The van der Waals surface area contributed by atoms with Crippen molar-refractivity contribution in [2.45, 2.75) is 31.7 Å². The molecule has 0 spiro atoms. The molecule has 3 aromatic heterocycles. The summed E-state index contributed by atoms with van der Waals surface area (Å²) in [7, 11) is 0. The largest absolute Gasteiger partial charge is 0.465 e. The average molecular weight is 432 g/mol. The molecule has 3 N–H and O–H groups in total. The van der Waals surface area contributed by atoms with Gasteiger partial charge in [-0.25, -0.2) is 9.78 Å². The second-order valence-corrected chi connectivity index (χ2v) is 7.83. The number of aromatic nitrogens is 4. The van der Waals surface area contributed by atoms with Gasteiger partial charge in [-0.2, -0.15) is 4.98 Å². The number of benzene rings is 1. The minimum atomic E-state index is -1.03. The number of rotatable bonds is 5. The van der Waals surface area contributed by atoms with Crippen molar-refractivity contribution in [3.05, 3.63) is 65.9 Å². The van der Waals surface area contributed by atoms with Gasteiger partial charge < -0.3 is 20.3 Å². The van der Waals surface area contributed by atoms with E-state index in [2.05, 4.69) is 25.8 Å². The number of anilines is 1. The van der Waals surface area contributed by atoms with Crippen LogP contribution >= 0.6 is 0 Å². The van der Waals surface area contributed by atoms with Crippen LogP contribution < -0.4 is 10.6 Å². The fraction of sp³-hybridized carbons (Fsp3) is 0.227. The van der Waals surface area contributed by atoms with Gasteiger partial charge in [0.15, 0.2) is 0 Å². The molecule has 0 atom stereocenters. The van der Waals surface area contributed by atoms with Crippen LogP contribution in [0.5, 0.6) is 0 Å². The third kappa shape index (κ3) is 3.66. The van der Waals surface area contributed by atoms with Crippen molar-refractivity contribution < 1.29 is 19.2 Å². The van der Waals surface area contributed by atoms with E-state index >= 15 is 0 Å². The van der Waals surface area contributed by atoms with Crippen molar-refractivity contribution in [2.75, 3.05) is 5.32 Å². The predicted molar refractivity (Wildman–Crippen MR) is 115 cm³/mol. The minimum Gasteiger partial charge on any atom is -0.465 e. The van der Waals surface area contributed by atoms with Crippen LogP contribution in [0.1, 0.15) is 40.7 Å². The van der Waals surface area contributed by atoms with Gasteiger partial charge in [0.1, 0.15) is 11.3 Å². The highest BCUT2D eigenvalue weighted by Gasteiger charge is 2.35. The number of carbonyl (C=O) groups is 2. The summed E-state index contributed by atoms with van der Waals surface area (Å²) in [5, 5.41) is 18.2. The molecule has 0 radical (unpaired) electrons. The molecule has 0 saturated heterocycles. The van der Waals surface area contributed by atoms with E-state index < -0.39 is 6.09 Å². The van der Waals surface area contributed by atoms with Gasteiger partial charge in [-0.05, 0) is 43.5 Å². The molecule has 32 heavy (non-hydrogen) atoms. The van der Waals surface area contributed by atoms with E-state index in [1.165, 1.54) is 0 Å². The number of fused-ring (bicyclic) bond motifs is 1. The zero-order chi connectivity index (χ0) is 22.2. The Morgan fingerprint density at radius 2 is 2.06 bits per heavy atom.